The van der Waals surface area contributed by atoms with Gasteiger partial charge in [0.1, 0.15) is 0 Å². The topological polar surface area (TPSA) is 72.5 Å². The third-order valence-electron chi connectivity index (χ3n) is 2.03. The van der Waals surface area contributed by atoms with Crippen LogP contribution in [0.1, 0.15) is 18.0 Å². The quantitative estimate of drug-likeness (QED) is 0.737. The molecule has 0 aliphatic carbocycles. The van der Waals surface area contributed by atoms with Crippen molar-refractivity contribution in [1.29, 1.82) is 0 Å². The van der Waals surface area contributed by atoms with Crippen LogP contribution >= 0.6 is 0 Å². The van der Waals surface area contributed by atoms with Gasteiger partial charge < -0.3 is 15.6 Å². The molecule has 0 unspecified atom stereocenters. The van der Waals surface area contributed by atoms with Crippen molar-refractivity contribution in [3.8, 4) is 5.75 Å². The summed E-state index contributed by atoms with van der Waals surface area (Å²) in [5.74, 6) is -1.78. The largest absolute Gasteiger partial charge is 0.505 e. The minimum Gasteiger partial charge on any atom is -0.505 e. The fourth-order valence-corrected chi connectivity index (χ4v) is 1.20. The molecule has 4 nitrogen and oxygen atoms in total. The van der Waals surface area contributed by atoms with Crippen molar-refractivity contribution in [2.45, 2.75) is 12.5 Å². The molecule has 1 atom stereocenters. The lowest BCUT2D eigenvalue weighted by molar-refractivity contribution is -0.141. The molecule has 0 bridgehead atoms. The summed E-state index contributed by atoms with van der Waals surface area (Å²) in [6.07, 6.45) is -0.104. The first kappa shape index (κ1) is 11.5. The van der Waals surface area contributed by atoms with E-state index in [9.17, 15) is 14.3 Å². The Balaban J connectivity index is 2.86. The van der Waals surface area contributed by atoms with Crippen molar-refractivity contribution in [3.63, 3.8) is 0 Å². The zero-order chi connectivity index (χ0) is 11.4. The lowest BCUT2D eigenvalue weighted by Gasteiger charge is -2.12. The number of phenolic OH excluding ortho intramolecular Hbond substituents is 1. The molecule has 0 saturated heterocycles. The Hall–Kier alpha value is -1.62. The average Bonchev–Trinajstić information content (AvgIpc) is 2.21. The van der Waals surface area contributed by atoms with E-state index in [-0.39, 0.29) is 12.0 Å². The van der Waals surface area contributed by atoms with Crippen molar-refractivity contribution in [3.05, 3.63) is 29.6 Å². The predicted molar refractivity (Wildman–Crippen MR) is 51.6 cm³/mol. The Labute approximate surface area is 86.5 Å². The maximum Gasteiger partial charge on any atom is 0.307 e. The molecule has 3 N–H and O–H groups in total. The molecule has 0 radical (unpaired) electrons. The van der Waals surface area contributed by atoms with Gasteiger partial charge in [0, 0.05) is 11.6 Å². The summed E-state index contributed by atoms with van der Waals surface area (Å²) >= 11 is 0. The van der Waals surface area contributed by atoms with Crippen LogP contribution in [-0.2, 0) is 9.53 Å². The highest BCUT2D eigenvalue weighted by Gasteiger charge is 2.17. The summed E-state index contributed by atoms with van der Waals surface area (Å²) in [6.45, 7) is 0. The smallest absolute Gasteiger partial charge is 0.307 e. The monoisotopic (exact) mass is 213 g/mol. The summed E-state index contributed by atoms with van der Waals surface area (Å²) in [5, 5.41) is 9.35. The minimum absolute atomic E-state index is 0.104. The number of carbonyl (C=O) groups excluding carboxylic acids is 1. The lowest BCUT2D eigenvalue weighted by atomic mass is 10.0. The van der Waals surface area contributed by atoms with Crippen LogP contribution in [0.25, 0.3) is 0 Å². The zero-order valence-corrected chi connectivity index (χ0v) is 8.24. The van der Waals surface area contributed by atoms with Gasteiger partial charge in [-0.15, -0.1) is 0 Å². The summed E-state index contributed by atoms with van der Waals surface area (Å²) in [4.78, 5) is 10.9. The molecule has 15 heavy (non-hydrogen) atoms. The molecule has 0 aliphatic heterocycles. The fraction of sp³-hybridized carbons (Fsp3) is 0.300. The van der Waals surface area contributed by atoms with E-state index in [2.05, 4.69) is 4.74 Å². The number of para-hydroxylation sites is 1. The number of nitrogens with two attached hydrogens (primary N) is 1. The van der Waals surface area contributed by atoms with Gasteiger partial charge >= 0.3 is 5.97 Å². The van der Waals surface area contributed by atoms with Gasteiger partial charge in [-0.05, 0) is 6.07 Å². The molecule has 5 heteroatoms. The van der Waals surface area contributed by atoms with E-state index in [1.165, 1.54) is 19.2 Å². The van der Waals surface area contributed by atoms with Crippen LogP contribution in [0.15, 0.2) is 18.2 Å². The molecule has 0 heterocycles. The second-order valence-corrected chi connectivity index (χ2v) is 3.06. The first-order valence-electron chi connectivity index (χ1n) is 4.36. The Kier molecular flexibility index (Phi) is 3.62. The molecule has 1 aromatic rings. The van der Waals surface area contributed by atoms with Gasteiger partial charge in [-0.25, -0.2) is 4.39 Å². The van der Waals surface area contributed by atoms with Crippen LogP contribution in [-0.4, -0.2) is 18.2 Å². The molecular weight excluding hydrogens is 201 g/mol. The number of hydrogen-bond donors (Lipinski definition) is 2. The Morgan fingerprint density at radius 2 is 2.33 bits per heavy atom. The zero-order valence-electron chi connectivity index (χ0n) is 8.24. The number of esters is 1. The standard InChI is InChI=1S/C10H12FNO3/c1-15-9(13)5-8(12)6-3-2-4-7(11)10(6)14/h2-4,8,14H,5,12H2,1H3/t8-/m0/s1. The van der Waals surface area contributed by atoms with E-state index in [0.717, 1.165) is 6.07 Å². The number of halogens is 1. The normalized spacial score (nSPS) is 12.2. The van der Waals surface area contributed by atoms with Crippen LogP contribution in [0, 0.1) is 5.82 Å². The number of aromatic hydroxyl groups is 1. The summed E-state index contributed by atoms with van der Waals surface area (Å²) < 4.78 is 17.4. The van der Waals surface area contributed by atoms with Crippen LogP contribution in [0.4, 0.5) is 4.39 Å². The highest BCUT2D eigenvalue weighted by atomic mass is 19.1. The summed E-state index contributed by atoms with van der Waals surface area (Å²) in [7, 11) is 1.24. The maximum atomic E-state index is 12.9. The van der Waals surface area contributed by atoms with Gasteiger partial charge in [-0.3, -0.25) is 4.79 Å². The summed E-state index contributed by atoms with van der Waals surface area (Å²) in [5.41, 5.74) is 5.81. The lowest BCUT2D eigenvalue weighted by Crippen LogP contribution is -2.16. The Morgan fingerprint density at radius 1 is 1.67 bits per heavy atom. The second kappa shape index (κ2) is 4.75. The molecule has 0 aliphatic rings. The van der Waals surface area contributed by atoms with Crippen LogP contribution in [0.2, 0.25) is 0 Å². The maximum absolute atomic E-state index is 12.9. The minimum atomic E-state index is -0.770. The van der Waals surface area contributed by atoms with Gasteiger partial charge in [-0.1, -0.05) is 12.1 Å². The number of methoxy groups -OCH3 is 1. The van der Waals surface area contributed by atoms with E-state index >= 15 is 0 Å². The number of hydrogen-bond acceptors (Lipinski definition) is 4. The van der Waals surface area contributed by atoms with Crippen molar-refractivity contribution >= 4 is 5.97 Å². The number of rotatable bonds is 3. The van der Waals surface area contributed by atoms with Crippen LogP contribution < -0.4 is 5.73 Å². The third-order valence-corrected chi connectivity index (χ3v) is 2.03. The second-order valence-electron chi connectivity index (χ2n) is 3.06. The van der Waals surface area contributed by atoms with Gasteiger partial charge in [0.25, 0.3) is 0 Å². The van der Waals surface area contributed by atoms with Gasteiger partial charge in [0.05, 0.1) is 13.5 Å². The van der Waals surface area contributed by atoms with Crippen LogP contribution in [0.3, 0.4) is 0 Å². The van der Waals surface area contributed by atoms with Crippen LogP contribution in [0.5, 0.6) is 5.75 Å². The van der Waals surface area contributed by atoms with Crippen molar-refractivity contribution in [2.24, 2.45) is 5.73 Å². The molecule has 0 aromatic heterocycles. The predicted octanol–water partition coefficient (Wildman–Crippen LogP) is 1.09. The number of phenols is 1. The SMILES string of the molecule is COC(=O)C[C@H](N)c1cccc(F)c1O. The average molecular weight is 213 g/mol. The first-order chi connectivity index (χ1) is 7.06. The molecule has 0 spiro atoms. The van der Waals surface area contributed by atoms with Gasteiger partial charge in [-0.2, -0.15) is 0 Å². The highest BCUT2D eigenvalue weighted by molar-refractivity contribution is 5.70. The number of ether oxygens (including phenoxy) is 1. The highest BCUT2D eigenvalue weighted by Crippen LogP contribution is 2.27. The Morgan fingerprint density at radius 3 is 2.93 bits per heavy atom. The molecule has 0 fully saturated rings. The van der Waals surface area contributed by atoms with E-state index < -0.39 is 23.6 Å². The molecule has 0 saturated carbocycles. The van der Waals surface area contributed by atoms with Gasteiger partial charge in [0.2, 0.25) is 0 Å². The van der Waals surface area contributed by atoms with Crippen molar-refractivity contribution in [2.75, 3.05) is 7.11 Å². The molecule has 1 aromatic carbocycles. The first-order valence-corrected chi connectivity index (χ1v) is 4.36. The summed E-state index contributed by atoms with van der Waals surface area (Å²) in [6, 6.07) is 3.23. The van der Waals surface area contributed by atoms with Crippen molar-refractivity contribution in [1.82, 2.24) is 0 Å². The van der Waals surface area contributed by atoms with E-state index in [0.29, 0.717) is 0 Å². The van der Waals surface area contributed by atoms with E-state index in [4.69, 9.17) is 5.73 Å². The third kappa shape index (κ3) is 2.66. The Bertz CT molecular complexity index is 368. The van der Waals surface area contributed by atoms with Gasteiger partial charge in [0.15, 0.2) is 11.6 Å². The van der Waals surface area contributed by atoms with Crippen molar-refractivity contribution < 1.29 is 19.0 Å². The molecule has 0 amide bonds. The number of benzene rings is 1. The molecular formula is C10H12FNO3. The fourth-order valence-electron chi connectivity index (χ4n) is 1.20. The van der Waals surface area contributed by atoms with E-state index in [1.54, 1.807) is 0 Å². The number of carbonyl (C=O) groups is 1. The molecule has 82 valence electrons. The van der Waals surface area contributed by atoms with E-state index in [1.807, 2.05) is 0 Å². The molecule has 1 rings (SSSR count).